The Morgan fingerprint density at radius 2 is 0.823 bits per heavy atom. The normalized spacial score (nSPS) is 11.5. The van der Waals surface area contributed by atoms with E-state index >= 15 is 0 Å². The predicted molar refractivity (Wildman–Crippen MR) is 253 cm³/mol. The largest absolute Gasteiger partial charge is 0.307 e. The summed E-state index contributed by atoms with van der Waals surface area (Å²) in [7, 11) is 0. The van der Waals surface area contributed by atoms with Crippen LogP contribution in [0.15, 0.2) is 218 Å². The van der Waals surface area contributed by atoms with Gasteiger partial charge in [-0.15, -0.1) is 0 Å². The Morgan fingerprint density at radius 1 is 0.306 bits per heavy atom. The van der Waals surface area contributed by atoms with E-state index in [-0.39, 0.29) is 0 Å². The van der Waals surface area contributed by atoms with Crippen molar-refractivity contribution in [3.63, 3.8) is 0 Å². The quantitative estimate of drug-likeness (QED) is 0.161. The molecule has 8 aromatic carbocycles. The molecule has 0 atom stereocenters. The van der Waals surface area contributed by atoms with E-state index in [1.807, 2.05) is 36.4 Å². The average Bonchev–Trinajstić information content (AvgIpc) is 3.88. The van der Waals surface area contributed by atoms with Crippen LogP contribution in [0.5, 0.6) is 0 Å². The fraction of sp³-hybridized carbons (Fsp3) is 0. The summed E-state index contributed by atoms with van der Waals surface area (Å²) < 4.78 is 4.67. The van der Waals surface area contributed by atoms with Crippen LogP contribution in [0.2, 0.25) is 0 Å². The average molecular weight is 793 g/mol. The maximum Gasteiger partial charge on any atom is 0.238 e. The molecule has 0 bridgehead atoms. The number of rotatable bonds is 7. The van der Waals surface area contributed by atoms with Crippen LogP contribution >= 0.6 is 0 Å². The number of pyridine rings is 1. The Labute approximate surface area is 357 Å². The van der Waals surface area contributed by atoms with Gasteiger partial charge in [0.2, 0.25) is 5.95 Å². The fourth-order valence-corrected chi connectivity index (χ4v) is 8.99. The van der Waals surface area contributed by atoms with Crippen LogP contribution in [0.1, 0.15) is 0 Å². The second-order valence-electron chi connectivity index (χ2n) is 15.5. The Balaban J connectivity index is 1.18. The molecule has 0 aliphatic heterocycles. The molecular formula is C56H36N6. The Morgan fingerprint density at radius 3 is 1.53 bits per heavy atom. The summed E-state index contributed by atoms with van der Waals surface area (Å²) in [6.07, 6.45) is 0. The lowest BCUT2D eigenvalue weighted by atomic mass is 9.96. The molecule has 0 fully saturated rings. The summed E-state index contributed by atoms with van der Waals surface area (Å²) in [6, 6.07) is 76.1. The van der Waals surface area contributed by atoms with Crippen LogP contribution in [-0.4, -0.2) is 29.1 Å². The van der Waals surface area contributed by atoms with Crippen molar-refractivity contribution in [3.05, 3.63) is 218 Å². The van der Waals surface area contributed by atoms with Crippen molar-refractivity contribution in [2.45, 2.75) is 0 Å². The molecule has 12 aromatic rings. The molecule has 62 heavy (non-hydrogen) atoms. The minimum absolute atomic E-state index is 0.533. The van der Waals surface area contributed by atoms with Crippen molar-refractivity contribution in [2.75, 3.05) is 0 Å². The monoisotopic (exact) mass is 792 g/mol. The molecule has 0 N–H and O–H groups in total. The summed E-state index contributed by atoms with van der Waals surface area (Å²) in [6.45, 7) is 0. The van der Waals surface area contributed by atoms with Crippen LogP contribution in [0.25, 0.3) is 112 Å². The first-order chi connectivity index (χ1) is 30.8. The highest BCUT2D eigenvalue weighted by molar-refractivity contribution is 6.28. The highest BCUT2D eigenvalue weighted by Crippen LogP contribution is 2.46. The van der Waals surface area contributed by atoms with E-state index in [2.05, 4.69) is 191 Å². The Kier molecular flexibility index (Phi) is 8.38. The van der Waals surface area contributed by atoms with Gasteiger partial charge in [0.05, 0.1) is 33.5 Å². The fourth-order valence-electron chi connectivity index (χ4n) is 8.99. The molecule has 290 valence electrons. The highest BCUT2D eigenvalue weighted by Gasteiger charge is 2.26. The zero-order valence-corrected chi connectivity index (χ0v) is 33.5. The van der Waals surface area contributed by atoms with Gasteiger partial charge in [0.1, 0.15) is 0 Å². The molecule has 4 aromatic heterocycles. The highest BCUT2D eigenvalue weighted by atomic mass is 15.2. The van der Waals surface area contributed by atoms with Crippen molar-refractivity contribution in [2.24, 2.45) is 0 Å². The van der Waals surface area contributed by atoms with Gasteiger partial charge in [0.25, 0.3) is 0 Å². The Bertz CT molecular complexity index is 3610. The number of fused-ring (bicyclic) bond motifs is 7. The summed E-state index contributed by atoms with van der Waals surface area (Å²) >= 11 is 0. The second-order valence-corrected chi connectivity index (χ2v) is 15.5. The number of aromatic nitrogens is 6. The van der Waals surface area contributed by atoms with Crippen molar-refractivity contribution in [1.82, 2.24) is 29.1 Å². The smallest absolute Gasteiger partial charge is 0.238 e. The van der Waals surface area contributed by atoms with Crippen molar-refractivity contribution < 1.29 is 0 Å². The van der Waals surface area contributed by atoms with Gasteiger partial charge in [-0.1, -0.05) is 170 Å². The van der Waals surface area contributed by atoms with Gasteiger partial charge in [0, 0.05) is 49.5 Å². The first kappa shape index (κ1) is 35.5. The van der Waals surface area contributed by atoms with Gasteiger partial charge in [0.15, 0.2) is 11.6 Å². The van der Waals surface area contributed by atoms with Gasteiger partial charge in [-0.3, -0.25) is 4.57 Å². The van der Waals surface area contributed by atoms with Crippen LogP contribution in [0.3, 0.4) is 0 Å². The molecule has 0 radical (unpaired) electrons. The van der Waals surface area contributed by atoms with Gasteiger partial charge in [-0.05, 0) is 59.7 Å². The lowest BCUT2D eigenvalue weighted by Gasteiger charge is -2.14. The summed E-state index contributed by atoms with van der Waals surface area (Å²) in [4.78, 5) is 21.1. The molecule has 0 aliphatic rings. The summed E-state index contributed by atoms with van der Waals surface area (Å²) in [5.74, 6) is 1.69. The number of hydrogen-bond donors (Lipinski definition) is 0. The van der Waals surface area contributed by atoms with Gasteiger partial charge in [-0.2, -0.15) is 9.97 Å². The SMILES string of the molecule is c1ccc(-c2cccc(-c3cccc(-c4nc(-c5ccccc5)nc(-n5c6ccccc6c6c(-c7ccccc7)cc7c8ccccc8n(-c8ccccc8)c7c65)n4)c3)n2)cc1. The number of hydrogen-bond acceptors (Lipinski definition) is 4. The maximum absolute atomic E-state index is 5.45. The van der Waals surface area contributed by atoms with E-state index in [4.69, 9.17) is 19.9 Å². The summed E-state index contributed by atoms with van der Waals surface area (Å²) in [5, 5.41) is 4.57. The molecule has 0 unspecified atom stereocenters. The minimum atomic E-state index is 0.533. The van der Waals surface area contributed by atoms with E-state index in [0.29, 0.717) is 17.6 Å². The molecule has 0 saturated carbocycles. The van der Waals surface area contributed by atoms with E-state index < -0.39 is 0 Å². The number of benzene rings is 8. The molecule has 6 heteroatoms. The van der Waals surface area contributed by atoms with E-state index in [1.54, 1.807) is 0 Å². The van der Waals surface area contributed by atoms with E-state index in [9.17, 15) is 0 Å². The molecule has 6 nitrogen and oxygen atoms in total. The number of nitrogens with zero attached hydrogens (tertiary/aromatic N) is 6. The van der Waals surface area contributed by atoms with Crippen LogP contribution in [0, 0.1) is 0 Å². The third-order valence-corrected chi connectivity index (χ3v) is 11.8. The second kappa shape index (κ2) is 14.7. The molecule has 0 amide bonds. The molecule has 0 aliphatic carbocycles. The Hall–Kier alpha value is -8.48. The van der Waals surface area contributed by atoms with Crippen molar-refractivity contribution in [3.8, 4) is 68.1 Å². The molecule has 12 rings (SSSR count). The molecular weight excluding hydrogens is 757 g/mol. The van der Waals surface area contributed by atoms with Crippen molar-refractivity contribution in [1.29, 1.82) is 0 Å². The zero-order valence-electron chi connectivity index (χ0n) is 33.5. The third-order valence-electron chi connectivity index (χ3n) is 11.8. The minimum Gasteiger partial charge on any atom is -0.307 e. The van der Waals surface area contributed by atoms with Crippen LogP contribution in [0.4, 0.5) is 0 Å². The molecule has 0 spiro atoms. The zero-order chi connectivity index (χ0) is 41.0. The summed E-state index contributed by atoms with van der Waals surface area (Å²) in [5.41, 5.74) is 13.2. The van der Waals surface area contributed by atoms with Crippen LogP contribution in [-0.2, 0) is 0 Å². The van der Waals surface area contributed by atoms with Gasteiger partial charge in [-0.25, -0.2) is 9.97 Å². The predicted octanol–water partition coefficient (Wildman–Crippen LogP) is 13.8. The van der Waals surface area contributed by atoms with Gasteiger partial charge >= 0.3 is 0 Å². The molecule has 4 heterocycles. The van der Waals surface area contributed by atoms with Crippen LogP contribution < -0.4 is 0 Å². The third kappa shape index (κ3) is 5.88. The lowest BCUT2D eigenvalue weighted by molar-refractivity contribution is 0.953. The van der Waals surface area contributed by atoms with Crippen molar-refractivity contribution >= 4 is 43.6 Å². The maximum atomic E-state index is 5.45. The van der Waals surface area contributed by atoms with E-state index in [1.165, 1.54) is 5.39 Å². The standard InChI is InChI=1S/C56H36N6/c1-5-19-37(20-6-1)45-36-46-43-29-13-15-33-49(43)61(42-27-11-4-12-28-42)52(46)53-51(45)44-30-14-16-34-50(44)62(53)56-59-54(39-23-9-3-10-24-39)58-55(60-56)41-26-17-25-40(35-41)48-32-18-31-47(57-48)38-21-7-2-8-22-38/h1-36H. The number of para-hydroxylation sites is 3. The topological polar surface area (TPSA) is 61.4 Å². The molecule has 0 saturated heterocycles. The first-order valence-electron chi connectivity index (χ1n) is 20.8. The van der Waals surface area contributed by atoms with Gasteiger partial charge < -0.3 is 4.57 Å². The first-order valence-corrected chi connectivity index (χ1v) is 20.8. The van der Waals surface area contributed by atoms with E-state index in [0.717, 1.165) is 88.7 Å². The lowest BCUT2D eigenvalue weighted by Crippen LogP contribution is -2.07.